The van der Waals surface area contributed by atoms with Gasteiger partial charge >= 0.3 is 0 Å². The maximum absolute atomic E-state index is 12.8. The summed E-state index contributed by atoms with van der Waals surface area (Å²) >= 11 is 1.51. The van der Waals surface area contributed by atoms with Crippen LogP contribution in [-0.4, -0.2) is 11.7 Å². The van der Waals surface area contributed by atoms with Crippen LogP contribution in [0.3, 0.4) is 0 Å². The number of thioether (sulfide) groups is 1. The van der Waals surface area contributed by atoms with E-state index in [-0.39, 0.29) is 11.7 Å². The number of amides is 1. The molecule has 0 aromatic heterocycles. The molecule has 116 valence electrons. The molecular weight excluding hydrogens is 309 g/mol. The molecule has 0 bridgehead atoms. The number of carbonyl (C=O) groups excluding carboxylic acids is 1. The second-order valence-electron chi connectivity index (χ2n) is 5.19. The molecule has 0 aliphatic rings. The number of anilines is 1. The molecule has 0 spiro atoms. The van der Waals surface area contributed by atoms with Gasteiger partial charge in [-0.1, -0.05) is 48.5 Å². The Labute approximate surface area is 138 Å². The monoisotopic (exact) mass is 325 g/mol. The van der Waals surface area contributed by atoms with E-state index in [0.717, 1.165) is 22.0 Å². The van der Waals surface area contributed by atoms with E-state index in [4.69, 9.17) is 0 Å². The van der Waals surface area contributed by atoms with Gasteiger partial charge in [0.1, 0.15) is 5.82 Å². The average molecular weight is 325 g/mol. The van der Waals surface area contributed by atoms with Crippen molar-refractivity contribution in [1.82, 2.24) is 0 Å². The molecule has 1 amide bonds. The van der Waals surface area contributed by atoms with E-state index in [2.05, 4.69) is 5.32 Å². The van der Waals surface area contributed by atoms with Crippen molar-refractivity contribution in [3.8, 4) is 0 Å². The molecular formula is C19H16FNOS. The number of benzene rings is 3. The van der Waals surface area contributed by atoms with Crippen LogP contribution in [-0.2, 0) is 10.5 Å². The Morgan fingerprint density at radius 1 is 0.957 bits per heavy atom. The molecule has 0 saturated heterocycles. The lowest BCUT2D eigenvalue weighted by Crippen LogP contribution is -2.14. The highest BCUT2D eigenvalue weighted by Crippen LogP contribution is 2.23. The predicted octanol–water partition coefficient (Wildman–Crippen LogP) is 4.85. The molecule has 3 aromatic rings. The van der Waals surface area contributed by atoms with Crippen LogP contribution in [0.5, 0.6) is 0 Å². The fourth-order valence-corrected chi connectivity index (χ4v) is 3.15. The first-order valence-corrected chi connectivity index (χ1v) is 8.47. The summed E-state index contributed by atoms with van der Waals surface area (Å²) in [5.74, 6) is 0.769. The smallest absolute Gasteiger partial charge is 0.234 e. The minimum absolute atomic E-state index is 0.0338. The highest BCUT2D eigenvalue weighted by molar-refractivity contribution is 7.99. The van der Waals surface area contributed by atoms with Gasteiger partial charge < -0.3 is 5.32 Å². The summed E-state index contributed by atoms with van der Waals surface area (Å²) in [6.07, 6.45) is 0. The summed E-state index contributed by atoms with van der Waals surface area (Å²) < 4.78 is 12.8. The largest absolute Gasteiger partial charge is 0.325 e. The first-order valence-electron chi connectivity index (χ1n) is 7.32. The van der Waals surface area contributed by atoms with E-state index < -0.39 is 0 Å². The van der Waals surface area contributed by atoms with E-state index in [0.29, 0.717) is 11.5 Å². The fraction of sp³-hybridized carbons (Fsp3) is 0.105. The molecule has 0 radical (unpaired) electrons. The topological polar surface area (TPSA) is 29.1 Å². The summed E-state index contributed by atoms with van der Waals surface area (Å²) in [5.41, 5.74) is 1.84. The van der Waals surface area contributed by atoms with Gasteiger partial charge in [-0.3, -0.25) is 4.79 Å². The van der Waals surface area contributed by atoms with E-state index in [9.17, 15) is 9.18 Å². The lowest BCUT2D eigenvalue weighted by Gasteiger charge is -2.08. The van der Waals surface area contributed by atoms with Gasteiger partial charge in [-0.25, -0.2) is 4.39 Å². The summed E-state index contributed by atoms with van der Waals surface area (Å²) in [6, 6.07) is 20.2. The highest BCUT2D eigenvalue weighted by Gasteiger charge is 2.06. The van der Waals surface area contributed by atoms with Crippen molar-refractivity contribution in [2.45, 2.75) is 5.75 Å². The average Bonchev–Trinajstić information content (AvgIpc) is 2.57. The third-order valence-electron chi connectivity index (χ3n) is 3.48. The Balaban J connectivity index is 1.57. The summed E-state index contributed by atoms with van der Waals surface area (Å²) in [7, 11) is 0. The van der Waals surface area contributed by atoms with Gasteiger partial charge in [-0.15, -0.1) is 11.8 Å². The number of hydrogen-bond donors (Lipinski definition) is 1. The third-order valence-corrected chi connectivity index (χ3v) is 4.48. The number of carbonyl (C=O) groups is 1. The molecule has 2 nitrogen and oxygen atoms in total. The van der Waals surface area contributed by atoms with Crippen molar-refractivity contribution in [3.05, 3.63) is 78.1 Å². The maximum Gasteiger partial charge on any atom is 0.234 e. The van der Waals surface area contributed by atoms with Gasteiger partial charge in [0, 0.05) is 16.8 Å². The molecule has 3 aromatic carbocycles. The number of rotatable bonds is 5. The van der Waals surface area contributed by atoms with Crippen LogP contribution in [0.4, 0.5) is 10.1 Å². The number of hydrogen-bond acceptors (Lipinski definition) is 2. The molecule has 23 heavy (non-hydrogen) atoms. The number of nitrogens with one attached hydrogen (secondary N) is 1. The van der Waals surface area contributed by atoms with Crippen molar-refractivity contribution in [1.29, 1.82) is 0 Å². The van der Waals surface area contributed by atoms with Crippen LogP contribution < -0.4 is 5.32 Å². The first kappa shape index (κ1) is 15.6. The highest BCUT2D eigenvalue weighted by atomic mass is 32.2. The summed E-state index contributed by atoms with van der Waals surface area (Å²) in [4.78, 5) is 12.1. The van der Waals surface area contributed by atoms with E-state index in [1.54, 1.807) is 12.1 Å². The molecule has 0 aliphatic heterocycles. The minimum atomic E-state index is -0.243. The van der Waals surface area contributed by atoms with Crippen molar-refractivity contribution < 1.29 is 9.18 Å². The Morgan fingerprint density at radius 3 is 2.52 bits per heavy atom. The molecule has 0 saturated carbocycles. The Morgan fingerprint density at radius 2 is 1.70 bits per heavy atom. The van der Waals surface area contributed by atoms with E-state index in [1.165, 1.54) is 23.9 Å². The Bertz CT molecular complexity index is 812. The normalized spacial score (nSPS) is 10.7. The predicted molar refractivity (Wildman–Crippen MR) is 95.1 cm³/mol. The van der Waals surface area contributed by atoms with Crippen molar-refractivity contribution >= 4 is 34.1 Å². The van der Waals surface area contributed by atoms with Gasteiger partial charge in [-0.05, 0) is 29.1 Å². The molecule has 0 atom stereocenters. The van der Waals surface area contributed by atoms with Gasteiger partial charge in [0.25, 0.3) is 0 Å². The summed E-state index contributed by atoms with van der Waals surface area (Å²) in [5, 5.41) is 5.10. The van der Waals surface area contributed by atoms with E-state index in [1.807, 2.05) is 42.5 Å². The third kappa shape index (κ3) is 4.11. The molecule has 4 heteroatoms. The van der Waals surface area contributed by atoms with Gasteiger partial charge in [0.05, 0.1) is 5.75 Å². The molecule has 0 heterocycles. The lowest BCUT2D eigenvalue weighted by molar-refractivity contribution is -0.113. The number of halogens is 1. The maximum atomic E-state index is 12.8. The quantitative estimate of drug-likeness (QED) is 0.726. The van der Waals surface area contributed by atoms with Crippen LogP contribution >= 0.6 is 11.8 Å². The van der Waals surface area contributed by atoms with Crippen molar-refractivity contribution in [2.75, 3.05) is 11.1 Å². The van der Waals surface area contributed by atoms with Crippen LogP contribution in [0.25, 0.3) is 10.8 Å². The van der Waals surface area contributed by atoms with Gasteiger partial charge in [-0.2, -0.15) is 0 Å². The fourth-order valence-electron chi connectivity index (χ4n) is 2.36. The molecule has 0 unspecified atom stereocenters. The lowest BCUT2D eigenvalue weighted by atomic mass is 10.1. The van der Waals surface area contributed by atoms with Crippen molar-refractivity contribution in [3.63, 3.8) is 0 Å². The summed E-state index contributed by atoms with van der Waals surface area (Å²) in [6.45, 7) is 0. The standard InChI is InChI=1S/C19H16FNOS/c20-16-10-8-14(9-11-16)12-23-13-19(22)21-18-7-3-5-15-4-1-2-6-17(15)18/h1-11H,12-13H2,(H,21,22). The van der Waals surface area contributed by atoms with Gasteiger partial charge in [0.2, 0.25) is 5.91 Å². The van der Waals surface area contributed by atoms with E-state index >= 15 is 0 Å². The SMILES string of the molecule is O=C(CSCc1ccc(F)cc1)Nc1cccc2ccccc12. The van der Waals surface area contributed by atoms with Gasteiger partial charge in [0.15, 0.2) is 0 Å². The number of fused-ring (bicyclic) bond motifs is 1. The van der Waals surface area contributed by atoms with Crippen LogP contribution in [0.15, 0.2) is 66.7 Å². The zero-order valence-electron chi connectivity index (χ0n) is 12.5. The molecule has 1 N–H and O–H groups in total. The van der Waals surface area contributed by atoms with Crippen molar-refractivity contribution in [2.24, 2.45) is 0 Å². The second-order valence-corrected chi connectivity index (χ2v) is 6.18. The minimum Gasteiger partial charge on any atom is -0.325 e. The first-order chi connectivity index (χ1) is 11.2. The zero-order valence-corrected chi connectivity index (χ0v) is 13.3. The molecule has 3 rings (SSSR count). The molecule has 0 aliphatic carbocycles. The van der Waals surface area contributed by atoms with Crippen LogP contribution in [0, 0.1) is 5.82 Å². The second kappa shape index (κ2) is 7.29. The Hall–Kier alpha value is -2.33. The zero-order chi connectivity index (χ0) is 16.1. The van der Waals surface area contributed by atoms with Crippen LogP contribution in [0.2, 0.25) is 0 Å². The van der Waals surface area contributed by atoms with Crippen LogP contribution in [0.1, 0.15) is 5.56 Å². The molecule has 0 fully saturated rings. The Kier molecular flexibility index (Phi) is 4.93.